The monoisotopic (exact) mass is 286 g/mol. The molecule has 3 N–H and O–H groups in total. The summed E-state index contributed by atoms with van der Waals surface area (Å²) in [5, 5.41) is 3.01. The zero-order chi connectivity index (χ0) is 14.4. The average molecular weight is 286 g/mol. The molecule has 0 aromatic carbocycles. The maximum absolute atomic E-state index is 11.9. The third-order valence-electron chi connectivity index (χ3n) is 5.20. The largest absolute Gasteiger partial charge is 0.354 e. The number of piperidine rings is 1. The lowest BCUT2D eigenvalue weighted by atomic mass is 9.91. The van der Waals surface area contributed by atoms with E-state index in [1.165, 1.54) is 17.7 Å². The van der Waals surface area contributed by atoms with Gasteiger partial charge in [-0.15, -0.1) is 0 Å². The number of rotatable bonds is 2. The van der Waals surface area contributed by atoms with Crippen molar-refractivity contribution in [2.45, 2.75) is 44.7 Å². The van der Waals surface area contributed by atoms with E-state index < -0.39 is 0 Å². The van der Waals surface area contributed by atoms with Crippen LogP contribution in [-0.2, 0) is 24.2 Å². The minimum Gasteiger partial charge on any atom is -0.354 e. The molecule has 1 aromatic rings. The lowest BCUT2D eigenvalue weighted by Crippen LogP contribution is -2.46. The fourth-order valence-electron chi connectivity index (χ4n) is 4.12. The van der Waals surface area contributed by atoms with E-state index in [1.54, 1.807) is 0 Å². The molecule has 5 nitrogen and oxygen atoms in total. The number of nitrogens with one attached hydrogen (secondary N) is 1. The predicted octanol–water partition coefficient (Wildman–Crippen LogP) is 0.744. The van der Waals surface area contributed by atoms with E-state index >= 15 is 0 Å². The number of carbonyl (C=O) groups excluding carboxylic acids is 1. The molecule has 21 heavy (non-hydrogen) atoms. The molecule has 2 saturated heterocycles. The first-order valence-electron chi connectivity index (χ1n) is 8.04. The van der Waals surface area contributed by atoms with E-state index in [9.17, 15) is 4.79 Å². The summed E-state index contributed by atoms with van der Waals surface area (Å²) in [4.78, 5) is 19.2. The van der Waals surface area contributed by atoms with E-state index in [0.29, 0.717) is 6.54 Å². The van der Waals surface area contributed by atoms with Gasteiger partial charge in [0.25, 0.3) is 0 Å². The van der Waals surface area contributed by atoms with Crippen molar-refractivity contribution < 1.29 is 4.79 Å². The summed E-state index contributed by atoms with van der Waals surface area (Å²) in [7, 11) is 0. The molecule has 2 aliphatic heterocycles. The molecule has 2 atom stereocenters. The molecule has 1 aliphatic carbocycles. The highest BCUT2D eigenvalue weighted by Crippen LogP contribution is 2.34. The maximum Gasteiger partial charge on any atom is 0.225 e. The standard InChI is InChI=1S/C16H22N4O/c17-8-11-7-10-3-1-5-13(10)19-15(11)20-6-2-4-12-14(20)9-18-16(12)21/h7,12,14H,1-6,8-9,17H2,(H,18,21). The minimum absolute atomic E-state index is 0.124. The normalized spacial score (nSPS) is 27.5. The smallest absolute Gasteiger partial charge is 0.225 e. The fourth-order valence-corrected chi connectivity index (χ4v) is 4.12. The van der Waals surface area contributed by atoms with E-state index in [0.717, 1.165) is 50.2 Å². The second-order valence-corrected chi connectivity index (χ2v) is 6.39. The number of hydrogen-bond donors (Lipinski definition) is 2. The van der Waals surface area contributed by atoms with Gasteiger partial charge in [-0.1, -0.05) is 0 Å². The van der Waals surface area contributed by atoms with Gasteiger partial charge >= 0.3 is 0 Å². The van der Waals surface area contributed by atoms with Crippen LogP contribution in [0.4, 0.5) is 5.82 Å². The third-order valence-corrected chi connectivity index (χ3v) is 5.20. The molecule has 3 aliphatic rings. The van der Waals surface area contributed by atoms with Gasteiger partial charge in [0.2, 0.25) is 5.91 Å². The van der Waals surface area contributed by atoms with E-state index in [-0.39, 0.29) is 17.9 Å². The van der Waals surface area contributed by atoms with Crippen LogP contribution in [0.25, 0.3) is 0 Å². The quantitative estimate of drug-likeness (QED) is 0.841. The molecule has 2 unspecified atom stereocenters. The Hall–Kier alpha value is -1.62. The van der Waals surface area contributed by atoms with Gasteiger partial charge in [0.05, 0.1) is 12.0 Å². The SMILES string of the molecule is NCc1cc2c(nc1N1CCCC3C(=O)NCC31)CCC2. The number of fused-ring (bicyclic) bond motifs is 2. The summed E-state index contributed by atoms with van der Waals surface area (Å²) >= 11 is 0. The summed E-state index contributed by atoms with van der Waals surface area (Å²) < 4.78 is 0. The number of nitrogens with two attached hydrogens (primary N) is 1. The van der Waals surface area contributed by atoms with Gasteiger partial charge in [-0.3, -0.25) is 4.79 Å². The average Bonchev–Trinajstić information content (AvgIpc) is 3.12. The molecule has 0 radical (unpaired) electrons. The molecule has 0 saturated carbocycles. The second kappa shape index (κ2) is 4.98. The van der Waals surface area contributed by atoms with Gasteiger partial charge < -0.3 is 16.0 Å². The van der Waals surface area contributed by atoms with Crippen molar-refractivity contribution >= 4 is 11.7 Å². The van der Waals surface area contributed by atoms with Gasteiger partial charge in [-0.2, -0.15) is 0 Å². The Morgan fingerprint density at radius 2 is 2.29 bits per heavy atom. The van der Waals surface area contributed by atoms with Crippen molar-refractivity contribution in [1.82, 2.24) is 10.3 Å². The Labute approximate surface area is 124 Å². The molecular weight excluding hydrogens is 264 g/mol. The lowest BCUT2D eigenvalue weighted by molar-refractivity contribution is -0.122. The summed E-state index contributed by atoms with van der Waals surface area (Å²) in [5.41, 5.74) is 9.71. The Bertz CT molecular complexity index is 586. The van der Waals surface area contributed by atoms with Crippen molar-refractivity contribution in [1.29, 1.82) is 0 Å². The molecule has 4 rings (SSSR count). The first-order valence-corrected chi connectivity index (χ1v) is 8.04. The van der Waals surface area contributed by atoms with Crippen LogP contribution in [0.3, 0.4) is 0 Å². The van der Waals surface area contributed by atoms with Crippen LogP contribution in [0.5, 0.6) is 0 Å². The van der Waals surface area contributed by atoms with Gasteiger partial charge in [0.15, 0.2) is 0 Å². The number of anilines is 1. The van der Waals surface area contributed by atoms with Crippen molar-refractivity contribution in [3.05, 3.63) is 22.9 Å². The Kier molecular flexibility index (Phi) is 3.10. The van der Waals surface area contributed by atoms with E-state index in [2.05, 4.69) is 16.3 Å². The number of aromatic nitrogens is 1. The molecule has 5 heteroatoms. The van der Waals surface area contributed by atoms with Crippen LogP contribution in [0, 0.1) is 5.92 Å². The maximum atomic E-state index is 11.9. The topological polar surface area (TPSA) is 71.2 Å². The molecule has 112 valence electrons. The zero-order valence-corrected chi connectivity index (χ0v) is 12.3. The van der Waals surface area contributed by atoms with Crippen LogP contribution in [0.15, 0.2) is 6.07 Å². The van der Waals surface area contributed by atoms with Crippen molar-refractivity contribution in [2.24, 2.45) is 11.7 Å². The van der Waals surface area contributed by atoms with Gasteiger partial charge in [0, 0.05) is 30.9 Å². The fraction of sp³-hybridized carbons (Fsp3) is 0.625. The van der Waals surface area contributed by atoms with Crippen LogP contribution in [0.1, 0.15) is 36.1 Å². The van der Waals surface area contributed by atoms with Crippen LogP contribution < -0.4 is 16.0 Å². The van der Waals surface area contributed by atoms with Crippen molar-refractivity contribution in [3.8, 4) is 0 Å². The predicted molar refractivity (Wildman–Crippen MR) is 81.0 cm³/mol. The zero-order valence-electron chi connectivity index (χ0n) is 12.3. The second-order valence-electron chi connectivity index (χ2n) is 6.39. The Balaban J connectivity index is 1.73. The van der Waals surface area contributed by atoms with Crippen LogP contribution >= 0.6 is 0 Å². The summed E-state index contributed by atoms with van der Waals surface area (Å²) in [5.74, 6) is 1.36. The summed E-state index contributed by atoms with van der Waals surface area (Å²) in [6.07, 6.45) is 5.45. The number of pyridine rings is 1. The number of aryl methyl sites for hydroxylation is 2. The molecule has 2 fully saturated rings. The van der Waals surface area contributed by atoms with Crippen molar-refractivity contribution in [2.75, 3.05) is 18.0 Å². The molecule has 3 heterocycles. The molecule has 1 amide bonds. The molecule has 0 spiro atoms. The number of hydrogen-bond acceptors (Lipinski definition) is 4. The van der Waals surface area contributed by atoms with E-state index in [4.69, 9.17) is 10.7 Å². The van der Waals surface area contributed by atoms with E-state index in [1.807, 2.05) is 0 Å². The molecular formula is C16H22N4O. The Morgan fingerprint density at radius 3 is 3.14 bits per heavy atom. The van der Waals surface area contributed by atoms with Gasteiger partial charge in [0.1, 0.15) is 5.82 Å². The van der Waals surface area contributed by atoms with Gasteiger partial charge in [-0.05, 0) is 43.7 Å². The lowest BCUT2D eigenvalue weighted by Gasteiger charge is -2.38. The number of amides is 1. The first kappa shape index (κ1) is 13.1. The third kappa shape index (κ3) is 2.02. The van der Waals surface area contributed by atoms with Gasteiger partial charge in [-0.25, -0.2) is 4.98 Å². The number of nitrogens with zero attached hydrogens (tertiary/aromatic N) is 2. The molecule has 1 aromatic heterocycles. The first-order chi connectivity index (χ1) is 10.3. The Morgan fingerprint density at radius 1 is 1.38 bits per heavy atom. The van der Waals surface area contributed by atoms with Crippen LogP contribution in [-0.4, -0.2) is 30.0 Å². The summed E-state index contributed by atoms with van der Waals surface area (Å²) in [6.45, 7) is 2.24. The van der Waals surface area contributed by atoms with Crippen molar-refractivity contribution in [3.63, 3.8) is 0 Å². The highest BCUT2D eigenvalue weighted by atomic mass is 16.2. The number of carbonyl (C=O) groups is 1. The molecule has 0 bridgehead atoms. The van der Waals surface area contributed by atoms with Crippen LogP contribution in [0.2, 0.25) is 0 Å². The highest BCUT2D eigenvalue weighted by Gasteiger charge is 2.41. The minimum atomic E-state index is 0.124. The summed E-state index contributed by atoms with van der Waals surface area (Å²) in [6, 6.07) is 2.50. The highest BCUT2D eigenvalue weighted by molar-refractivity contribution is 5.83.